The SMILES string of the molecule is C[C@@H]1CCN(C(=O)c2ccc(O)c(C#N)c2)C[C@H]1c1cc(C(F)F)nc2ncnn12. The van der Waals surface area contributed by atoms with Crippen molar-refractivity contribution < 1.29 is 18.7 Å². The Bertz CT molecular complexity index is 1160. The van der Waals surface area contributed by atoms with Crippen LogP contribution in [0.1, 0.15) is 53.0 Å². The van der Waals surface area contributed by atoms with Gasteiger partial charge >= 0.3 is 0 Å². The molecule has 0 saturated carbocycles. The predicted octanol–water partition coefficient (Wildman–Crippen LogP) is 2.90. The minimum atomic E-state index is -2.75. The van der Waals surface area contributed by atoms with E-state index >= 15 is 0 Å². The van der Waals surface area contributed by atoms with Gasteiger partial charge in [-0.05, 0) is 36.6 Å². The number of fused-ring (bicyclic) bond motifs is 1. The Kier molecular flexibility index (Phi) is 5.03. The van der Waals surface area contributed by atoms with Crippen molar-refractivity contribution in [3.05, 3.63) is 53.1 Å². The third-order valence-electron chi connectivity index (χ3n) is 5.51. The average Bonchev–Trinajstić information content (AvgIpc) is 3.22. The van der Waals surface area contributed by atoms with Crippen LogP contribution in [0.15, 0.2) is 30.6 Å². The van der Waals surface area contributed by atoms with Gasteiger partial charge in [-0.3, -0.25) is 4.79 Å². The van der Waals surface area contributed by atoms with Crippen molar-refractivity contribution in [1.82, 2.24) is 24.5 Å². The molecular formula is C20H18F2N6O2. The molecule has 1 fully saturated rings. The first-order chi connectivity index (χ1) is 14.4. The van der Waals surface area contributed by atoms with Gasteiger partial charge in [0.2, 0.25) is 0 Å². The van der Waals surface area contributed by atoms with Gasteiger partial charge in [-0.1, -0.05) is 6.92 Å². The van der Waals surface area contributed by atoms with Gasteiger partial charge in [0, 0.05) is 24.6 Å². The lowest BCUT2D eigenvalue weighted by atomic mass is 9.84. The quantitative estimate of drug-likeness (QED) is 0.709. The molecule has 4 rings (SSSR count). The van der Waals surface area contributed by atoms with Crippen LogP contribution in [0, 0.1) is 17.2 Å². The second kappa shape index (κ2) is 7.67. The lowest BCUT2D eigenvalue weighted by molar-refractivity contribution is 0.0665. The van der Waals surface area contributed by atoms with Gasteiger partial charge in [-0.15, -0.1) is 0 Å². The first-order valence-electron chi connectivity index (χ1n) is 9.40. The summed E-state index contributed by atoms with van der Waals surface area (Å²) in [6, 6.07) is 7.30. The first kappa shape index (κ1) is 19.7. The molecule has 0 unspecified atom stereocenters. The van der Waals surface area contributed by atoms with Crippen LogP contribution < -0.4 is 0 Å². The molecule has 0 aliphatic carbocycles. The van der Waals surface area contributed by atoms with Crippen LogP contribution in [0.4, 0.5) is 8.78 Å². The summed E-state index contributed by atoms with van der Waals surface area (Å²) in [5, 5.41) is 22.9. The number of phenolic OH excluding ortho intramolecular Hbond substituents is 1. The summed E-state index contributed by atoms with van der Waals surface area (Å²) in [6.07, 6.45) is -0.817. The number of rotatable bonds is 3. The Balaban J connectivity index is 1.68. The van der Waals surface area contributed by atoms with Gasteiger partial charge in [0.15, 0.2) is 0 Å². The number of nitrogens with zero attached hydrogens (tertiary/aromatic N) is 6. The lowest BCUT2D eigenvalue weighted by Crippen LogP contribution is -2.42. The highest BCUT2D eigenvalue weighted by atomic mass is 19.3. The van der Waals surface area contributed by atoms with Crippen LogP contribution in [0.3, 0.4) is 0 Å². The van der Waals surface area contributed by atoms with Crippen molar-refractivity contribution in [1.29, 1.82) is 5.26 Å². The van der Waals surface area contributed by atoms with E-state index in [9.17, 15) is 18.7 Å². The van der Waals surface area contributed by atoms with Crippen molar-refractivity contribution in [3.63, 3.8) is 0 Å². The number of hydrogen-bond donors (Lipinski definition) is 1. The molecule has 30 heavy (non-hydrogen) atoms. The van der Waals surface area contributed by atoms with Gasteiger partial charge in [0.1, 0.15) is 23.8 Å². The molecule has 1 amide bonds. The second-order valence-electron chi connectivity index (χ2n) is 7.35. The summed E-state index contributed by atoms with van der Waals surface area (Å²) < 4.78 is 28.1. The van der Waals surface area contributed by atoms with E-state index in [-0.39, 0.29) is 46.1 Å². The Morgan fingerprint density at radius 2 is 2.17 bits per heavy atom. The maximum atomic E-state index is 13.3. The van der Waals surface area contributed by atoms with E-state index in [1.54, 1.807) is 4.90 Å². The number of halogens is 2. The number of aromatic nitrogens is 4. The van der Waals surface area contributed by atoms with E-state index < -0.39 is 6.43 Å². The largest absolute Gasteiger partial charge is 0.507 e. The van der Waals surface area contributed by atoms with Crippen molar-refractivity contribution >= 4 is 11.7 Å². The summed E-state index contributed by atoms with van der Waals surface area (Å²) in [5.74, 6) is -0.523. The van der Waals surface area contributed by atoms with Crippen LogP contribution in [-0.4, -0.2) is 48.6 Å². The maximum absolute atomic E-state index is 13.3. The number of aromatic hydroxyl groups is 1. The fourth-order valence-corrected chi connectivity index (χ4v) is 3.81. The van der Waals surface area contributed by atoms with E-state index in [2.05, 4.69) is 15.1 Å². The molecule has 154 valence electrons. The molecule has 1 aromatic carbocycles. The first-order valence-corrected chi connectivity index (χ1v) is 9.40. The minimum absolute atomic E-state index is 0.0165. The Morgan fingerprint density at radius 3 is 2.90 bits per heavy atom. The Morgan fingerprint density at radius 1 is 1.37 bits per heavy atom. The van der Waals surface area contributed by atoms with Crippen molar-refractivity contribution in [3.8, 4) is 11.8 Å². The third-order valence-corrected chi connectivity index (χ3v) is 5.51. The Hall–Kier alpha value is -3.61. The molecule has 10 heteroatoms. The van der Waals surface area contributed by atoms with Gasteiger partial charge in [-0.25, -0.2) is 18.3 Å². The number of phenols is 1. The van der Waals surface area contributed by atoms with E-state index in [4.69, 9.17) is 5.26 Å². The summed E-state index contributed by atoms with van der Waals surface area (Å²) in [7, 11) is 0. The second-order valence-corrected chi connectivity index (χ2v) is 7.35. The summed E-state index contributed by atoms with van der Waals surface area (Å²) >= 11 is 0. The average molecular weight is 412 g/mol. The summed E-state index contributed by atoms with van der Waals surface area (Å²) in [6.45, 7) is 2.79. The molecule has 1 saturated heterocycles. The zero-order valence-electron chi connectivity index (χ0n) is 16.0. The highest BCUT2D eigenvalue weighted by Crippen LogP contribution is 2.34. The van der Waals surface area contributed by atoms with Crippen LogP contribution in [0.2, 0.25) is 0 Å². The standard InChI is InChI=1S/C20H18F2N6O2/c1-11-4-5-27(19(30)12-2-3-17(29)13(6-12)8-23)9-14(11)16-7-15(18(21)22)26-20-24-10-25-28(16)20/h2-3,6-7,10-11,14,18,29H,4-5,9H2,1H3/t11-,14-/m1/s1. The zero-order valence-corrected chi connectivity index (χ0v) is 16.0. The molecule has 1 aliphatic heterocycles. The normalized spacial score (nSPS) is 19.2. The topological polar surface area (TPSA) is 107 Å². The molecule has 2 atom stereocenters. The molecule has 8 nitrogen and oxygen atoms in total. The number of hydrogen-bond acceptors (Lipinski definition) is 6. The molecule has 2 aromatic heterocycles. The number of amides is 1. The monoisotopic (exact) mass is 412 g/mol. The molecule has 0 bridgehead atoms. The highest BCUT2D eigenvalue weighted by Gasteiger charge is 2.33. The van der Waals surface area contributed by atoms with E-state index in [0.717, 1.165) is 0 Å². The van der Waals surface area contributed by atoms with Gasteiger partial charge in [0.25, 0.3) is 18.1 Å². The van der Waals surface area contributed by atoms with Crippen molar-refractivity contribution in [2.75, 3.05) is 13.1 Å². The smallest absolute Gasteiger partial charge is 0.280 e. The van der Waals surface area contributed by atoms with E-state index in [1.165, 1.54) is 35.1 Å². The summed E-state index contributed by atoms with van der Waals surface area (Å²) in [5.41, 5.74) is 0.453. The van der Waals surface area contributed by atoms with Crippen LogP contribution in [-0.2, 0) is 0 Å². The number of nitriles is 1. The number of carbonyl (C=O) groups excluding carboxylic acids is 1. The van der Waals surface area contributed by atoms with Gasteiger partial charge in [0.05, 0.1) is 11.3 Å². The predicted molar refractivity (Wildman–Crippen MR) is 101 cm³/mol. The van der Waals surface area contributed by atoms with Crippen molar-refractivity contribution in [2.45, 2.75) is 25.7 Å². The lowest BCUT2D eigenvalue weighted by Gasteiger charge is -2.37. The zero-order chi connectivity index (χ0) is 21.4. The molecule has 1 N–H and O–H groups in total. The van der Waals surface area contributed by atoms with Crippen LogP contribution in [0.25, 0.3) is 5.78 Å². The molecular weight excluding hydrogens is 394 g/mol. The molecule has 0 radical (unpaired) electrons. The number of alkyl halides is 2. The molecule has 3 heterocycles. The third kappa shape index (κ3) is 3.43. The maximum Gasteiger partial charge on any atom is 0.280 e. The fourth-order valence-electron chi connectivity index (χ4n) is 3.81. The number of benzene rings is 1. The number of piperidine rings is 1. The van der Waals surface area contributed by atoms with Crippen LogP contribution in [0.5, 0.6) is 5.75 Å². The molecule has 0 spiro atoms. The number of carbonyl (C=O) groups is 1. The fraction of sp³-hybridized carbons (Fsp3) is 0.350. The Labute approximate surface area is 170 Å². The van der Waals surface area contributed by atoms with Crippen LogP contribution >= 0.6 is 0 Å². The van der Waals surface area contributed by atoms with Gasteiger partial charge in [-0.2, -0.15) is 15.3 Å². The summed E-state index contributed by atoms with van der Waals surface area (Å²) in [4.78, 5) is 22.4. The molecule has 3 aromatic rings. The number of likely N-dealkylation sites (tertiary alicyclic amines) is 1. The van der Waals surface area contributed by atoms with Crippen molar-refractivity contribution in [2.24, 2.45) is 5.92 Å². The van der Waals surface area contributed by atoms with E-state index in [1.807, 2.05) is 13.0 Å². The minimum Gasteiger partial charge on any atom is -0.507 e. The molecule has 1 aliphatic rings. The van der Waals surface area contributed by atoms with Gasteiger partial charge < -0.3 is 10.0 Å². The van der Waals surface area contributed by atoms with E-state index in [0.29, 0.717) is 25.2 Å². The highest BCUT2D eigenvalue weighted by molar-refractivity contribution is 5.95.